The molecule has 0 radical (unpaired) electrons. The minimum Gasteiger partial charge on any atom is -0.508 e. The third kappa shape index (κ3) is 3.73. The predicted molar refractivity (Wildman–Crippen MR) is 118 cm³/mol. The van der Waals surface area contributed by atoms with E-state index in [1.807, 2.05) is 19.1 Å². The summed E-state index contributed by atoms with van der Waals surface area (Å²) < 4.78 is 1.22. The normalized spacial score (nSPS) is 18.1. The number of rotatable bonds is 4. The van der Waals surface area contributed by atoms with Crippen molar-refractivity contribution in [3.8, 4) is 23.1 Å². The van der Waals surface area contributed by atoms with Gasteiger partial charge in [-0.3, -0.25) is 19.6 Å². The van der Waals surface area contributed by atoms with Gasteiger partial charge in [-0.2, -0.15) is 5.26 Å². The molecule has 0 saturated carbocycles. The van der Waals surface area contributed by atoms with Gasteiger partial charge in [-0.05, 0) is 24.6 Å². The van der Waals surface area contributed by atoms with Crippen molar-refractivity contribution in [2.75, 3.05) is 5.43 Å². The first-order valence-electron chi connectivity index (χ1n) is 9.51. The second-order valence-electron chi connectivity index (χ2n) is 7.04. The summed E-state index contributed by atoms with van der Waals surface area (Å²) in [5.41, 5.74) is 4.12. The van der Waals surface area contributed by atoms with Crippen molar-refractivity contribution >= 4 is 23.6 Å². The number of phenols is 1. The predicted octanol–water partition coefficient (Wildman–Crippen LogP) is 3.01. The molecule has 2 heterocycles. The number of nitriles is 1. The van der Waals surface area contributed by atoms with Crippen LogP contribution in [0.15, 0.2) is 59.4 Å². The van der Waals surface area contributed by atoms with E-state index < -0.39 is 5.56 Å². The lowest BCUT2D eigenvalue weighted by molar-refractivity contribution is -0.128. The van der Waals surface area contributed by atoms with Crippen molar-refractivity contribution in [3.63, 3.8) is 0 Å². The zero-order chi connectivity index (χ0) is 22.1. The Morgan fingerprint density at radius 2 is 1.81 bits per heavy atom. The molecule has 1 amide bonds. The maximum atomic E-state index is 12.9. The number of hydrogen-bond donors (Lipinski definition) is 2. The van der Waals surface area contributed by atoms with Crippen LogP contribution in [0.4, 0.5) is 5.95 Å². The molecule has 2 N–H and O–H groups in total. The fraction of sp³-hybridized carbons (Fsp3) is 0.182. The number of thioether (sulfide) groups is 1. The van der Waals surface area contributed by atoms with Gasteiger partial charge in [0.25, 0.3) is 11.5 Å². The summed E-state index contributed by atoms with van der Waals surface area (Å²) in [4.78, 5) is 30.2. The van der Waals surface area contributed by atoms with Crippen LogP contribution < -0.4 is 11.0 Å². The van der Waals surface area contributed by atoms with Gasteiger partial charge in [0.2, 0.25) is 5.95 Å². The highest BCUT2D eigenvalue weighted by Crippen LogP contribution is 2.43. The van der Waals surface area contributed by atoms with E-state index in [1.165, 1.54) is 28.4 Å². The molecule has 1 aliphatic heterocycles. The van der Waals surface area contributed by atoms with E-state index in [-0.39, 0.29) is 39.5 Å². The quantitative estimate of drug-likeness (QED) is 0.650. The molecule has 0 aliphatic carbocycles. The molecule has 1 aliphatic rings. The van der Waals surface area contributed by atoms with Crippen LogP contribution in [0.5, 0.6) is 5.75 Å². The summed E-state index contributed by atoms with van der Waals surface area (Å²) in [6.07, 6.45) is 0. The summed E-state index contributed by atoms with van der Waals surface area (Å²) in [5, 5.41) is 19.9. The Labute approximate surface area is 182 Å². The second kappa shape index (κ2) is 8.16. The first-order chi connectivity index (χ1) is 14.9. The Kier molecular flexibility index (Phi) is 5.40. The smallest absolute Gasteiger partial charge is 0.273 e. The molecule has 2 atom stereocenters. The maximum Gasteiger partial charge on any atom is 0.273 e. The SMILES string of the molecule is CC1SC(c2ccc(O)cc2)N(Nc2nc(-c3ccccc3)c(C#N)c(=O)n2C)C1=O. The van der Waals surface area contributed by atoms with Crippen molar-refractivity contribution in [1.82, 2.24) is 14.6 Å². The number of aromatic nitrogens is 2. The molecule has 9 heteroatoms. The van der Waals surface area contributed by atoms with Crippen molar-refractivity contribution in [3.05, 3.63) is 76.1 Å². The number of carbonyl (C=O) groups excluding carboxylic acids is 1. The van der Waals surface area contributed by atoms with Crippen LogP contribution in [0.3, 0.4) is 0 Å². The Morgan fingerprint density at radius 3 is 2.45 bits per heavy atom. The van der Waals surface area contributed by atoms with E-state index in [4.69, 9.17) is 0 Å². The zero-order valence-corrected chi connectivity index (χ0v) is 17.6. The Morgan fingerprint density at radius 1 is 1.13 bits per heavy atom. The van der Waals surface area contributed by atoms with E-state index >= 15 is 0 Å². The lowest BCUT2D eigenvalue weighted by Gasteiger charge is -2.26. The van der Waals surface area contributed by atoms with Crippen LogP contribution in [0.1, 0.15) is 23.4 Å². The molecule has 156 valence electrons. The number of benzene rings is 2. The molecule has 1 aromatic heterocycles. The van der Waals surface area contributed by atoms with Crippen molar-refractivity contribution < 1.29 is 9.90 Å². The summed E-state index contributed by atoms with van der Waals surface area (Å²) >= 11 is 1.44. The van der Waals surface area contributed by atoms with Gasteiger partial charge in [0.15, 0.2) is 0 Å². The second-order valence-corrected chi connectivity index (χ2v) is 8.47. The average molecular weight is 433 g/mol. The topological polar surface area (TPSA) is 111 Å². The molecular formula is C22H19N5O3S. The van der Waals surface area contributed by atoms with Gasteiger partial charge in [-0.15, -0.1) is 11.8 Å². The van der Waals surface area contributed by atoms with Crippen LogP contribution in [-0.2, 0) is 11.8 Å². The number of aromatic hydroxyl groups is 1. The highest BCUT2D eigenvalue weighted by Gasteiger charge is 2.39. The molecule has 4 rings (SSSR count). The standard InChI is InChI=1S/C22H19N5O3S/c1-13-19(29)27(21(31-13)15-8-10-16(28)11-9-15)25-22-24-18(14-6-4-3-5-7-14)17(12-23)20(30)26(22)2/h3-11,13,21,28H,1-2H3,(H,24,25). The highest BCUT2D eigenvalue weighted by molar-refractivity contribution is 8.01. The Bertz CT molecular complexity index is 1230. The number of hydrazine groups is 1. The minimum atomic E-state index is -0.507. The monoisotopic (exact) mass is 433 g/mol. The molecule has 0 bridgehead atoms. The molecule has 1 fully saturated rings. The lowest BCUT2D eigenvalue weighted by atomic mass is 10.1. The van der Waals surface area contributed by atoms with Crippen molar-refractivity contribution in [2.45, 2.75) is 17.5 Å². The molecule has 3 aromatic rings. The van der Waals surface area contributed by atoms with Gasteiger partial charge >= 0.3 is 0 Å². The molecule has 8 nitrogen and oxygen atoms in total. The van der Waals surface area contributed by atoms with Gasteiger partial charge in [0.1, 0.15) is 22.8 Å². The lowest BCUT2D eigenvalue weighted by Crippen LogP contribution is -2.38. The summed E-state index contributed by atoms with van der Waals surface area (Å²) in [6, 6.07) is 17.5. The van der Waals surface area contributed by atoms with E-state index in [0.29, 0.717) is 5.56 Å². The van der Waals surface area contributed by atoms with Gasteiger partial charge in [-0.25, -0.2) is 9.99 Å². The number of carbonyl (C=O) groups is 1. The largest absolute Gasteiger partial charge is 0.508 e. The summed E-state index contributed by atoms with van der Waals surface area (Å²) in [7, 11) is 1.50. The van der Waals surface area contributed by atoms with E-state index in [0.717, 1.165) is 5.56 Å². The maximum absolute atomic E-state index is 12.9. The van der Waals surface area contributed by atoms with E-state index in [1.54, 1.807) is 48.5 Å². The molecule has 1 saturated heterocycles. The van der Waals surface area contributed by atoms with Crippen molar-refractivity contribution in [2.24, 2.45) is 7.05 Å². The van der Waals surface area contributed by atoms with Crippen LogP contribution in [-0.4, -0.2) is 30.8 Å². The molecular weight excluding hydrogens is 414 g/mol. The van der Waals surface area contributed by atoms with Gasteiger partial charge in [-0.1, -0.05) is 42.5 Å². The Balaban J connectivity index is 1.78. The number of hydrogen-bond acceptors (Lipinski definition) is 7. The van der Waals surface area contributed by atoms with Gasteiger partial charge in [0.05, 0.1) is 10.9 Å². The fourth-order valence-corrected chi connectivity index (χ4v) is 4.53. The minimum absolute atomic E-state index is 0.0650. The third-order valence-electron chi connectivity index (χ3n) is 5.00. The molecule has 2 unspecified atom stereocenters. The van der Waals surface area contributed by atoms with Crippen LogP contribution in [0.25, 0.3) is 11.3 Å². The molecule has 2 aromatic carbocycles. The van der Waals surface area contributed by atoms with Crippen LogP contribution >= 0.6 is 11.8 Å². The third-order valence-corrected chi connectivity index (χ3v) is 6.35. The number of phenolic OH excluding ortho intramolecular Hbond substituents is 1. The number of amides is 1. The van der Waals surface area contributed by atoms with Crippen LogP contribution in [0, 0.1) is 11.3 Å². The van der Waals surface area contributed by atoms with Crippen LogP contribution in [0.2, 0.25) is 0 Å². The van der Waals surface area contributed by atoms with Gasteiger partial charge in [0, 0.05) is 12.6 Å². The molecule has 31 heavy (non-hydrogen) atoms. The highest BCUT2D eigenvalue weighted by atomic mass is 32.2. The number of nitrogens with zero attached hydrogens (tertiary/aromatic N) is 4. The summed E-state index contributed by atoms with van der Waals surface area (Å²) in [5.74, 6) is 0.118. The van der Waals surface area contributed by atoms with E-state index in [9.17, 15) is 20.0 Å². The van der Waals surface area contributed by atoms with Gasteiger partial charge < -0.3 is 5.11 Å². The average Bonchev–Trinajstić information content (AvgIpc) is 3.06. The molecule has 0 spiro atoms. The summed E-state index contributed by atoms with van der Waals surface area (Å²) in [6.45, 7) is 1.81. The zero-order valence-electron chi connectivity index (χ0n) is 16.8. The fourth-order valence-electron chi connectivity index (χ4n) is 3.32. The Hall–Kier alpha value is -3.77. The first kappa shape index (κ1) is 20.5. The van der Waals surface area contributed by atoms with E-state index in [2.05, 4.69) is 10.4 Å². The van der Waals surface area contributed by atoms with Crippen molar-refractivity contribution in [1.29, 1.82) is 5.26 Å². The number of anilines is 1. The first-order valence-corrected chi connectivity index (χ1v) is 10.5. The number of nitrogens with one attached hydrogen (secondary N) is 1.